The first-order chi connectivity index (χ1) is 23.7. The molecule has 1 heterocycles. The van der Waals surface area contributed by atoms with Gasteiger partial charge in [0.05, 0.1) is 44.9 Å². The molecule has 0 fully saturated rings. The van der Waals surface area contributed by atoms with Crippen molar-refractivity contribution in [1.82, 2.24) is 9.97 Å². The first kappa shape index (κ1) is 46.3. The number of fused-ring (bicyclic) bond motifs is 3. The maximum atomic E-state index is 13.7. The number of aliphatic imine (C=N–C) groups is 1. The summed E-state index contributed by atoms with van der Waals surface area (Å²) in [6, 6.07) is 10.6. The van der Waals surface area contributed by atoms with Gasteiger partial charge in [-0.1, -0.05) is 47.5 Å². The quantitative estimate of drug-likeness (QED) is 0.0441. The zero-order valence-electron chi connectivity index (χ0n) is 27.7. The predicted octanol–water partition coefficient (Wildman–Crippen LogP) is 3.27. The van der Waals surface area contributed by atoms with Gasteiger partial charge in [-0.3, -0.25) is 23.2 Å². The van der Waals surface area contributed by atoms with Gasteiger partial charge in [-0.2, -0.15) is 25.3 Å². The normalized spacial score (nSPS) is 12.9. The van der Waals surface area contributed by atoms with Gasteiger partial charge in [-0.25, -0.2) is 15.0 Å². The van der Waals surface area contributed by atoms with Crippen LogP contribution in [0.25, 0.3) is 11.0 Å². The van der Waals surface area contributed by atoms with E-state index in [9.17, 15) is 53.6 Å². The Hall–Kier alpha value is -2.06. The number of carbonyl (C=O) groups is 2. The molecule has 54 heavy (non-hydrogen) atoms. The molecule has 0 atom stereocenters. The van der Waals surface area contributed by atoms with Crippen molar-refractivity contribution in [1.29, 1.82) is 0 Å². The van der Waals surface area contributed by atoms with Gasteiger partial charge in [0.15, 0.2) is 21.9 Å². The molecule has 1 aromatic heterocycles. The molecule has 0 bridgehead atoms. The number of anilines is 3. The van der Waals surface area contributed by atoms with Gasteiger partial charge in [0, 0.05) is 105 Å². The summed E-state index contributed by atoms with van der Waals surface area (Å²) in [5.74, 6) is -2.78. The third kappa shape index (κ3) is 8.90. The molecule has 25 heteroatoms. The number of aliphatic hydroxyl groups is 1. The number of hydrogen-bond acceptors (Lipinski definition) is 13. The van der Waals surface area contributed by atoms with Crippen LogP contribution in [0.1, 0.15) is 37.4 Å². The molecule has 6 rings (SSSR count). The van der Waals surface area contributed by atoms with Crippen molar-refractivity contribution in [2.75, 3.05) is 11.1 Å². The zero-order chi connectivity index (χ0) is 37.4. The molecule has 0 aliphatic heterocycles. The van der Waals surface area contributed by atoms with Crippen LogP contribution < -0.4 is 11.1 Å². The summed E-state index contributed by atoms with van der Waals surface area (Å²) in [6.07, 6.45) is 0. The van der Waals surface area contributed by atoms with Gasteiger partial charge in [0.1, 0.15) is 14.7 Å². The molecular formula is C29H17Cl2N5Na3O12S3. The molecule has 0 amide bonds. The Morgan fingerprint density at radius 1 is 0.667 bits per heavy atom. The van der Waals surface area contributed by atoms with Crippen molar-refractivity contribution in [3.05, 3.63) is 98.8 Å². The van der Waals surface area contributed by atoms with Crippen molar-refractivity contribution in [3.63, 3.8) is 0 Å². The molecule has 1 aliphatic rings. The van der Waals surface area contributed by atoms with Crippen LogP contribution in [0, 0.1) is 0 Å². The molecule has 17 nitrogen and oxygen atoms in total. The molecular weight excluding hydrogens is 846 g/mol. The van der Waals surface area contributed by atoms with Gasteiger partial charge in [0.2, 0.25) is 5.90 Å². The van der Waals surface area contributed by atoms with E-state index in [4.69, 9.17) is 28.9 Å². The van der Waals surface area contributed by atoms with Crippen molar-refractivity contribution < 1.29 is 53.6 Å². The Kier molecular flexibility index (Phi) is 14.4. The number of nitrogens with zero attached hydrogens (tertiary/aromatic N) is 3. The molecule has 5 aromatic rings. The Balaban J connectivity index is 0.00000261. The number of nitrogen functional groups attached to an aromatic ring is 1. The number of aliphatic hydroxyl groups excluding tert-OH is 1. The van der Waals surface area contributed by atoms with E-state index in [0.717, 1.165) is 0 Å². The maximum absolute atomic E-state index is 13.7. The Labute approximate surface area is 381 Å². The van der Waals surface area contributed by atoms with Crippen LogP contribution >= 0.6 is 23.2 Å². The summed E-state index contributed by atoms with van der Waals surface area (Å²) >= 11 is 11.8. The van der Waals surface area contributed by atoms with Crippen molar-refractivity contribution >= 4 is 193 Å². The average Bonchev–Trinajstić information content (AvgIpc) is 3.03. The number of nitrogens with one attached hydrogen (secondary N) is 1. The van der Waals surface area contributed by atoms with Gasteiger partial charge in [-0.15, -0.1) is 0 Å². The molecule has 0 unspecified atom stereocenters. The summed E-state index contributed by atoms with van der Waals surface area (Å²) in [6.45, 7) is 0. The fourth-order valence-corrected chi connectivity index (χ4v) is 7.51. The number of ketones is 2. The van der Waals surface area contributed by atoms with Crippen LogP contribution in [0.2, 0.25) is 10.3 Å². The van der Waals surface area contributed by atoms with E-state index in [2.05, 4.69) is 20.3 Å². The first-order valence-corrected chi connectivity index (χ1v) is 18.7. The summed E-state index contributed by atoms with van der Waals surface area (Å²) in [7, 11) is -16.0. The fraction of sp³-hybridized carbons (Fsp3) is 0. The molecule has 265 valence electrons. The number of benzene rings is 4. The Bertz CT molecular complexity index is 2810. The van der Waals surface area contributed by atoms with E-state index in [1.54, 1.807) is 0 Å². The smallest absolute Gasteiger partial charge is 0.296 e. The largest absolute Gasteiger partial charge is 0.493 e. The van der Waals surface area contributed by atoms with Gasteiger partial charge < -0.3 is 16.2 Å². The van der Waals surface area contributed by atoms with E-state index in [1.807, 2.05) is 0 Å². The average molecular weight is 864 g/mol. The van der Waals surface area contributed by atoms with Gasteiger partial charge in [-0.05, 0) is 36.4 Å². The second-order valence-electron chi connectivity index (χ2n) is 10.6. The van der Waals surface area contributed by atoms with Crippen LogP contribution in [0.5, 0.6) is 0 Å². The molecule has 0 saturated heterocycles. The summed E-state index contributed by atoms with van der Waals surface area (Å²) in [4.78, 5) is 35.5. The van der Waals surface area contributed by atoms with E-state index < -0.39 is 96.4 Å². The molecule has 7 N–H and O–H groups in total. The number of halogens is 2. The van der Waals surface area contributed by atoms with Crippen LogP contribution in [0.3, 0.4) is 0 Å². The number of aromatic nitrogens is 2. The SMILES string of the molecule is Nc1c(S(=O)(=O)O)cc(Nc2cc(N=C(O)c3ccc4nc(Cl)c(Cl)nc4c3)c(S(=O)(=O)O)cc2S(=O)(=O)O)c2c1C(=O)c1ccccc1C2=O.[Na].[Na].[Na]. The summed E-state index contributed by atoms with van der Waals surface area (Å²) in [5.41, 5.74) is 1.41. The Morgan fingerprint density at radius 3 is 1.72 bits per heavy atom. The second-order valence-corrected chi connectivity index (χ2v) is 15.5. The maximum Gasteiger partial charge on any atom is 0.296 e. The third-order valence-electron chi connectivity index (χ3n) is 7.43. The molecule has 3 radical (unpaired) electrons. The molecule has 4 aromatic carbocycles. The number of carbonyl (C=O) groups excluding carboxylic acids is 2. The Morgan fingerprint density at radius 2 is 1.19 bits per heavy atom. The molecule has 1 aliphatic carbocycles. The monoisotopic (exact) mass is 862 g/mol. The standard InChI is InChI=1S/C29H17Cl2N5O12S3.3Na/c30-27-28(31)35-15-7-11(5-6-14(15)34-27)29(39)36-17-8-16(19(49(40,41)42)10-20(17)50(43,44)45)33-18-9-21(51(46,47)48)24(32)23-22(18)25(37)12-3-1-2-4-13(12)26(23)38;;;/h1-10,33H,32H2,(H,36,39)(H,40,41,42)(H,43,44,45)(H,46,47,48);;;. The fourth-order valence-electron chi connectivity index (χ4n) is 5.23. The van der Waals surface area contributed by atoms with E-state index in [-0.39, 0.29) is 133 Å². The summed E-state index contributed by atoms with van der Waals surface area (Å²) in [5, 5.41) is 13.0. The van der Waals surface area contributed by atoms with E-state index in [0.29, 0.717) is 12.1 Å². The molecule has 0 spiro atoms. The van der Waals surface area contributed by atoms with Gasteiger partial charge in [0.25, 0.3) is 30.4 Å². The number of hydrogen-bond donors (Lipinski definition) is 6. The number of nitrogens with two attached hydrogens (primary N) is 1. The van der Waals surface area contributed by atoms with Crippen molar-refractivity contribution in [2.24, 2.45) is 4.99 Å². The van der Waals surface area contributed by atoms with Crippen LogP contribution in [-0.4, -0.2) is 160 Å². The predicted molar refractivity (Wildman–Crippen MR) is 199 cm³/mol. The van der Waals surface area contributed by atoms with Crippen molar-refractivity contribution in [3.8, 4) is 0 Å². The third-order valence-corrected chi connectivity index (χ3v) is 10.7. The second kappa shape index (κ2) is 16.8. The topological polar surface area (TPSA) is 294 Å². The van der Waals surface area contributed by atoms with Crippen LogP contribution in [0.4, 0.5) is 22.7 Å². The van der Waals surface area contributed by atoms with Gasteiger partial charge >= 0.3 is 0 Å². The van der Waals surface area contributed by atoms with Crippen LogP contribution in [0.15, 0.2) is 80.3 Å². The minimum Gasteiger partial charge on any atom is -0.493 e. The van der Waals surface area contributed by atoms with Crippen LogP contribution in [-0.2, 0) is 30.4 Å². The van der Waals surface area contributed by atoms with E-state index in [1.165, 1.54) is 42.5 Å². The zero-order valence-corrected chi connectivity index (χ0v) is 37.7. The minimum atomic E-state index is -5.44. The van der Waals surface area contributed by atoms with E-state index >= 15 is 0 Å². The number of rotatable bonds is 7. The molecule has 0 saturated carbocycles. The summed E-state index contributed by atoms with van der Waals surface area (Å²) < 4.78 is 105. The first-order valence-electron chi connectivity index (χ1n) is 13.6. The van der Waals surface area contributed by atoms with Crippen molar-refractivity contribution in [2.45, 2.75) is 14.7 Å². The minimum absolute atomic E-state index is 0.